The van der Waals surface area contributed by atoms with Crippen LogP contribution in [0.5, 0.6) is 5.75 Å². The van der Waals surface area contributed by atoms with Crippen molar-refractivity contribution in [3.63, 3.8) is 0 Å². The molecule has 1 saturated heterocycles. The second-order valence-corrected chi connectivity index (χ2v) is 7.14. The molecule has 1 aliphatic rings. The van der Waals surface area contributed by atoms with Crippen LogP contribution in [-0.4, -0.2) is 37.0 Å². The summed E-state index contributed by atoms with van der Waals surface area (Å²) in [5, 5.41) is 23.8. The zero-order chi connectivity index (χ0) is 16.2. The first-order valence-electron chi connectivity index (χ1n) is 6.57. The van der Waals surface area contributed by atoms with E-state index in [1.54, 1.807) is 18.2 Å². The predicted molar refractivity (Wildman–Crippen MR) is 80.6 cm³/mol. The molecule has 1 aromatic rings. The van der Waals surface area contributed by atoms with Gasteiger partial charge < -0.3 is 15.7 Å². The Balaban J connectivity index is 2.02. The molecule has 0 radical (unpaired) electrons. The highest BCUT2D eigenvalue weighted by atomic mass is 32.2. The number of nitrogens with one attached hydrogen (secondary N) is 2. The smallest absolute Gasteiger partial charge is 0.267 e. The number of hydrogen-bond acceptors (Lipinski definition) is 6. The van der Waals surface area contributed by atoms with Crippen LogP contribution in [-0.2, 0) is 14.6 Å². The van der Waals surface area contributed by atoms with Crippen LogP contribution in [0.1, 0.15) is 6.42 Å². The van der Waals surface area contributed by atoms with Gasteiger partial charge in [0, 0.05) is 12.2 Å². The molecular formula is C14H15N3O4S. The molecule has 0 aliphatic carbocycles. The van der Waals surface area contributed by atoms with Crippen molar-refractivity contribution in [1.82, 2.24) is 5.32 Å². The number of nitrogens with zero attached hydrogens (tertiary/aromatic N) is 1. The van der Waals surface area contributed by atoms with Gasteiger partial charge in [0.15, 0.2) is 9.84 Å². The number of para-hydroxylation sites is 2. The Morgan fingerprint density at radius 1 is 1.41 bits per heavy atom. The van der Waals surface area contributed by atoms with Gasteiger partial charge in [-0.05, 0) is 18.6 Å². The lowest BCUT2D eigenvalue weighted by molar-refractivity contribution is -0.112. The molecule has 1 heterocycles. The molecule has 0 saturated carbocycles. The number of hydrogen-bond donors (Lipinski definition) is 3. The summed E-state index contributed by atoms with van der Waals surface area (Å²) < 4.78 is 22.7. The van der Waals surface area contributed by atoms with Crippen molar-refractivity contribution >= 4 is 21.4 Å². The summed E-state index contributed by atoms with van der Waals surface area (Å²) in [7, 11) is -3.03. The minimum atomic E-state index is -3.03. The zero-order valence-corrected chi connectivity index (χ0v) is 12.4. The summed E-state index contributed by atoms with van der Waals surface area (Å²) in [6.07, 6.45) is 1.65. The van der Waals surface area contributed by atoms with Gasteiger partial charge in [0.25, 0.3) is 5.91 Å². The van der Waals surface area contributed by atoms with Crippen molar-refractivity contribution < 1.29 is 18.3 Å². The zero-order valence-electron chi connectivity index (χ0n) is 11.6. The molecule has 1 atom stereocenters. The summed E-state index contributed by atoms with van der Waals surface area (Å²) in [6, 6.07) is 7.59. The van der Waals surface area contributed by atoms with Gasteiger partial charge in [0.2, 0.25) is 0 Å². The van der Waals surface area contributed by atoms with E-state index >= 15 is 0 Å². The lowest BCUT2D eigenvalue weighted by Gasteiger charge is -2.09. The molecule has 1 aliphatic heterocycles. The minimum absolute atomic E-state index is 0.0106. The summed E-state index contributed by atoms with van der Waals surface area (Å²) >= 11 is 0. The summed E-state index contributed by atoms with van der Waals surface area (Å²) in [5.41, 5.74) is -0.00959. The van der Waals surface area contributed by atoms with Crippen LogP contribution >= 0.6 is 0 Å². The fourth-order valence-corrected chi connectivity index (χ4v) is 3.73. The maximum absolute atomic E-state index is 12.0. The first-order valence-corrected chi connectivity index (χ1v) is 8.39. The van der Waals surface area contributed by atoms with Crippen molar-refractivity contribution in [3.05, 3.63) is 36.0 Å². The van der Waals surface area contributed by atoms with Crippen LogP contribution < -0.4 is 10.6 Å². The Hall–Kier alpha value is -2.53. The van der Waals surface area contributed by atoms with Gasteiger partial charge >= 0.3 is 0 Å². The van der Waals surface area contributed by atoms with E-state index in [0.29, 0.717) is 6.42 Å². The molecule has 22 heavy (non-hydrogen) atoms. The highest BCUT2D eigenvalue weighted by molar-refractivity contribution is 7.91. The molecule has 0 spiro atoms. The number of nitriles is 1. The predicted octanol–water partition coefficient (Wildman–Crippen LogP) is 0.515. The van der Waals surface area contributed by atoms with Crippen molar-refractivity contribution in [2.45, 2.75) is 12.5 Å². The molecule has 8 heteroatoms. The first kappa shape index (κ1) is 15.9. The van der Waals surface area contributed by atoms with Gasteiger partial charge in [0.1, 0.15) is 17.4 Å². The number of benzene rings is 1. The largest absolute Gasteiger partial charge is 0.506 e. The van der Waals surface area contributed by atoms with Crippen LogP contribution in [0.4, 0.5) is 5.69 Å². The van der Waals surface area contributed by atoms with Crippen molar-refractivity contribution in [2.75, 3.05) is 16.8 Å². The molecular weight excluding hydrogens is 306 g/mol. The molecule has 0 bridgehead atoms. The van der Waals surface area contributed by atoms with Crippen LogP contribution in [0, 0.1) is 11.3 Å². The lowest BCUT2D eigenvalue weighted by Crippen LogP contribution is -2.27. The summed E-state index contributed by atoms with van der Waals surface area (Å²) in [5.74, 6) is -0.700. The number of rotatable bonds is 4. The van der Waals surface area contributed by atoms with Gasteiger partial charge in [-0.2, -0.15) is 5.26 Å². The lowest BCUT2D eigenvalue weighted by atomic mass is 10.2. The Morgan fingerprint density at radius 3 is 2.73 bits per heavy atom. The molecule has 1 fully saturated rings. The molecule has 3 N–H and O–H groups in total. The summed E-state index contributed by atoms with van der Waals surface area (Å²) in [4.78, 5) is 12.0. The number of carbonyl (C=O) groups excluding carboxylic acids is 1. The van der Waals surface area contributed by atoms with Gasteiger partial charge in [-0.25, -0.2) is 8.42 Å². The Kier molecular flexibility index (Phi) is 4.68. The van der Waals surface area contributed by atoms with Crippen molar-refractivity contribution in [3.8, 4) is 11.8 Å². The molecule has 1 amide bonds. The van der Waals surface area contributed by atoms with E-state index in [2.05, 4.69) is 10.6 Å². The van der Waals surface area contributed by atoms with E-state index in [1.807, 2.05) is 0 Å². The average Bonchev–Trinajstić information content (AvgIpc) is 2.81. The molecule has 116 valence electrons. The third-order valence-corrected chi connectivity index (χ3v) is 4.98. The fourth-order valence-electron chi connectivity index (χ4n) is 2.05. The Labute approximate surface area is 128 Å². The van der Waals surface area contributed by atoms with Gasteiger partial charge in [-0.3, -0.25) is 4.79 Å². The number of phenolic OH excluding ortho intramolecular Hbond substituents is 1. The Morgan fingerprint density at radius 2 is 2.14 bits per heavy atom. The van der Waals surface area contributed by atoms with Crippen LogP contribution in [0.15, 0.2) is 36.0 Å². The molecule has 1 unspecified atom stereocenters. The second kappa shape index (κ2) is 6.49. The number of amides is 1. The van der Waals surface area contributed by atoms with E-state index < -0.39 is 15.7 Å². The van der Waals surface area contributed by atoms with Crippen molar-refractivity contribution in [1.29, 1.82) is 5.26 Å². The topological polar surface area (TPSA) is 119 Å². The molecule has 7 nitrogen and oxygen atoms in total. The van der Waals surface area contributed by atoms with E-state index in [1.165, 1.54) is 18.3 Å². The minimum Gasteiger partial charge on any atom is -0.506 e. The third-order valence-electron chi connectivity index (χ3n) is 3.21. The number of carbonyl (C=O) groups is 1. The number of phenols is 1. The highest BCUT2D eigenvalue weighted by Gasteiger charge is 2.27. The van der Waals surface area contributed by atoms with Crippen molar-refractivity contribution in [2.24, 2.45) is 0 Å². The van der Waals surface area contributed by atoms with Gasteiger partial charge in [-0.1, -0.05) is 12.1 Å². The fraction of sp³-hybridized carbons (Fsp3) is 0.286. The number of sulfone groups is 1. The van der Waals surface area contributed by atoms with Crippen LogP contribution in [0.2, 0.25) is 0 Å². The molecule has 1 aromatic carbocycles. The number of anilines is 1. The third kappa shape index (κ3) is 3.99. The summed E-state index contributed by atoms with van der Waals surface area (Å²) in [6.45, 7) is 0. The van der Waals surface area contributed by atoms with Gasteiger partial charge in [0.05, 0.1) is 17.2 Å². The van der Waals surface area contributed by atoms with E-state index in [-0.39, 0.29) is 34.6 Å². The monoisotopic (exact) mass is 321 g/mol. The normalized spacial score (nSPS) is 20.1. The van der Waals surface area contributed by atoms with E-state index in [4.69, 9.17) is 5.26 Å². The number of aromatic hydroxyl groups is 1. The highest BCUT2D eigenvalue weighted by Crippen LogP contribution is 2.21. The second-order valence-electron chi connectivity index (χ2n) is 4.91. The van der Waals surface area contributed by atoms with E-state index in [9.17, 15) is 18.3 Å². The van der Waals surface area contributed by atoms with E-state index in [0.717, 1.165) is 0 Å². The van der Waals surface area contributed by atoms with Gasteiger partial charge in [-0.15, -0.1) is 0 Å². The van der Waals surface area contributed by atoms with Crippen LogP contribution in [0.3, 0.4) is 0 Å². The standard InChI is InChI=1S/C14H15N3O4S/c15-7-10(8-16-11-5-6-22(20,21)9-11)14(19)17-12-3-1-2-4-13(12)18/h1-4,8,11,16,18H,5-6,9H2,(H,17,19)/b10-8-. The Bertz CT molecular complexity index is 750. The first-order chi connectivity index (χ1) is 10.4. The SMILES string of the molecule is N#C/C(=C/NC1CCS(=O)(=O)C1)C(=O)Nc1ccccc1O. The van der Waals surface area contributed by atoms with Crippen LogP contribution in [0.25, 0.3) is 0 Å². The molecule has 0 aromatic heterocycles. The maximum Gasteiger partial charge on any atom is 0.267 e. The quantitative estimate of drug-likeness (QED) is 0.422. The molecule has 2 rings (SSSR count). The maximum atomic E-state index is 12.0. The average molecular weight is 321 g/mol.